The Hall–Kier alpha value is -1.94. The first kappa shape index (κ1) is 21.1. The van der Waals surface area contributed by atoms with Gasteiger partial charge in [0.05, 0.1) is 0 Å². The normalized spacial score (nSPS) is 12.0. The highest BCUT2D eigenvalue weighted by atomic mass is 32.1. The number of anilines is 1. The summed E-state index contributed by atoms with van der Waals surface area (Å²) in [5.41, 5.74) is 1.92. The van der Waals surface area contributed by atoms with E-state index in [0.29, 0.717) is 5.11 Å². The molecular formula is C21H31N3S. The molecule has 0 saturated carbocycles. The number of nitrogens with one attached hydrogen (secondary N) is 2. The van der Waals surface area contributed by atoms with E-state index in [1.807, 2.05) is 61.7 Å². The zero-order valence-corrected chi connectivity index (χ0v) is 16.3. The maximum atomic E-state index is 5.33. The molecule has 0 bridgehead atoms. The topological polar surface area (TPSA) is 36.4 Å². The summed E-state index contributed by atoms with van der Waals surface area (Å²) in [5, 5.41) is 6.91. The van der Waals surface area contributed by atoms with Gasteiger partial charge in [-0.3, -0.25) is 4.99 Å². The van der Waals surface area contributed by atoms with E-state index in [0.717, 1.165) is 17.9 Å². The molecule has 1 rings (SSSR count). The third-order valence-corrected chi connectivity index (χ3v) is 3.91. The van der Waals surface area contributed by atoms with Gasteiger partial charge in [0.1, 0.15) is 0 Å². The Labute approximate surface area is 158 Å². The third-order valence-electron chi connectivity index (χ3n) is 3.71. The molecule has 0 amide bonds. The van der Waals surface area contributed by atoms with Crippen molar-refractivity contribution in [3.63, 3.8) is 0 Å². The fourth-order valence-corrected chi connectivity index (χ4v) is 2.53. The third kappa shape index (κ3) is 11.3. The summed E-state index contributed by atoms with van der Waals surface area (Å²) in [5.74, 6) is 0. The van der Waals surface area contributed by atoms with Gasteiger partial charge in [0.2, 0.25) is 0 Å². The molecule has 0 radical (unpaired) electrons. The van der Waals surface area contributed by atoms with E-state index in [2.05, 4.69) is 22.5 Å². The molecule has 3 nitrogen and oxygen atoms in total. The Morgan fingerprint density at radius 1 is 1.08 bits per heavy atom. The summed E-state index contributed by atoms with van der Waals surface area (Å²) in [6.07, 6.45) is 15.6. The predicted octanol–water partition coefficient (Wildman–Crippen LogP) is 5.86. The van der Waals surface area contributed by atoms with Gasteiger partial charge in [0, 0.05) is 24.1 Å². The quantitative estimate of drug-likeness (QED) is 0.225. The summed E-state index contributed by atoms with van der Waals surface area (Å²) in [4.78, 5) is 4.43. The van der Waals surface area contributed by atoms with Gasteiger partial charge in [-0.15, -0.1) is 0 Å². The average Bonchev–Trinajstić information content (AvgIpc) is 2.63. The number of para-hydroxylation sites is 1. The molecule has 0 saturated heterocycles. The van der Waals surface area contributed by atoms with Gasteiger partial charge in [0.15, 0.2) is 5.11 Å². The molecule has 25 heavy (non-hydrogen) atoms. The van der Waals surface area contributed by atoms with Crippen molar-refractivity contribution in [3.05, 3.63) is 54.3 Å². The molecule has 0 atom stereocenters. The van der Waals surface area contributed by atoms with Crippen molar-refractivity contribution in [1.82, 2.24) is 5.32 Å². The van der Waals surface area contributed by atoms with E-state index in [-0.39, 0.29) is 0 Å². The number of nitrogens with zero attached hydrogens (tertiary/aromatic N) is 1. The molecular weight excluding hydrogens is 326 g/mol. The van der Waals surface area contributed by atoms with Crippen molar-refractivity contribution in [1.29, 1.82) is 0 Å². The van der Waals surface area contributed by atoms with Gasteiger partial charge < -0.3 is 10.6 Å². The Kier molecular flexibility index (Phi) is 12.2. The van der Waals surface area contributed by atoms with E-state index in [4.69, 9.17) is 12.2 Å². The molecule has 1 aromatic carbocycles. The van der Waals surface area contributed by atoms with Crippen molar-refractivity contribution in [3.8, 4) is 0 Å². The zero-order chi connectivity index (χ0) is 18.2. The minimum Gasteiger partial charge on any atom is -0.333 e. The van der Waals surface area contributed by atoms with Gasteiger partial charge in [-0.25, -0.2) is 0 Å². The Morgan fingerprint density at radius 2 is 1.80 bits per heavy atom. The number of hydrogen-bond acceptors (Lipinski definition) is 2. The molecule has 0 fully saturated rings. The summed E-state index contributed by atoms with van der Waals surface area (Å²) in [7, 11) is 0. The number of hydrogen-bond donors (Lipinski definition) is 2. The molecule has 0 aliphatic heterocycles. The standard InChI is InChI=1S/C21H31N3S/c1-3-5-6-7-8-12-17-22-18-13-16-19(4-2)23-21(25)24-20-14-10-9-11-15-20/h4,9-11,13-16,18H,3,5-8,12,17H2,1-2H3,(H2,23,24,25)/b16-13-,19-4+,22-18?. The summed E-state index contributed by atoms with van der Waals surface area (Å²) in [6, 6.07) is 9.89. The molecule has 0 aromatic heterocycles. The molecule has 0 aliphatic rings. The number of benzene rings is 1. The molecule has 1 aromatic rings. The van der Waals surface area contributed by atoms with E-state index >= 15 is 0 Å². The van der Waals surface area contributed by atoms with Crippen LogP contribution in [0, 0.1) is 0 Å². The molecule has 0 unspecified atom stereocenters. The molecule has 136 valence electrons. The largest absolute Gasteiger partial charge is 0.333 e. The van der Waals surface area contributed by atoms with Gasteiger partial charge in [0.25, 0.3) is 0 Å². The molecule has 0 heterocycles. The first-order valence-electron chi connectivity index (χ1n) is 9.22. The van der Waals surface area contributed by atoms with Crippen LogP contribution in [0.5, 0.6) is 0 Å². The van der Waals surface area contributed by atoms with E-state index in [9.17, 15) is 0 Å². The molecule has 2 N–H and O–H groups in total. The van der Waals surface area contributed by atoms with Gasteiger partial charge in [-0.05, 0) is 49.8 Å². The van der Waals surface area contributed by atoms with Crippen LogP contribution in [0.15, 0.2) is 59.2 Å². The van der Waals surface area contributed by atoms with E-state index in [1.165, 1.54) is 38.5 Å². The van der Waals surface area contributed by atoms with Crippen LogP contribution in [-0.2, 0) is 0 Å². The van der Waals surface area contributed by atoms with Crippen molar-refractivity contribution in [2.45, 2.75) is 52.4 Å². The number of unbranched alkanes of at least 4 members (excludes halogenated alkanes) is 5. The van der Waals surface area contributed by atoms with Gasteiger partial charge >= 0.3 is 0 Å². The average molecular weight is 358 g/mol. The van der Waals surface area contributed by atoms with E-state index < -0.39 is 0 Å². The number of rotatable bonds is 11. The smallest absolute Gasteiger partial charge is 0.175 e. The maximum absolute atomic E-state index is 5.33. The maximum Gasteiger partial charge on any atom is 0.175 e. The van der Waals surface area contributed by atoms with Crippen LogP contribution < -0.4 is 10.6 Å². The van der Waals surface area contributed by atoms with Gasteiger partial charge in [-0.2, -0.15) is 0 Å². The Bertz CT molecular complexity index is 562. The van der Waals surface area contributed by atoms with Crippen molar-refractivity contribution in [2.75, 3.05) is 11.9 Å². The van der Waals surface area contributed by atoms with Crippen LogP contribution in [0.3, 0.4) is 0 Å². The highest BCUT2D eigenvalue weighted by Gasteiger charge is 1.97. The van der Waals surface area contributed by atoms with Crippen LogP contribution in [0.2, 0.25) is 0 Å². The number of allylic oxidation sites excluding steroid dienone is 3. The number of thiocarbonyl (C=S) groups is 1. The first-order chi connectivity index (χ1) is 12.3. The van der Waals surface area contributed by atoms with E-state index in [1.54, 1.807) is 0 Å². The second kappa shape index (κ2) is 14.4. The van der Waals surface area contributed by atoms with Crippen LogP contribution in [0.25, 0.3) is 0 Å². The van der Waals surface area contributed by atoms with Crippen LogP contribution >= 0.6 is 12.2 Å². The summed E-state index contributed by atoms with van der Waals surface area (Å²) >= 11 is 5.33. The van der Waals surface area contributed by atoms with Crippen LogP contribution in [0.1, 0.15) is 52.4 Å². The van der Waals surface area contributed by atoms with Crippen LogP contribution in [0.4, 0.5) is 5.69 Å². The monoisotopic (exact) mass is 357 g/mol. The Balaban J connectivity index is 2.23. The second-order valence-electron chi connectivity index (χ2n) is 5.87. The first-order valence-corrected chi connectivity index (χ1v) is 9.63. The van der Waals surface area contributed by atoms with Crippen molar-refractivity contribution >= 4 is 29.2 Å². The minimum atomic E-state index is 0.577. The summed E-state index contributed by atoms with van der Waals surface area (Å²) in [6.45, 7) is 5.13. The zero-order valence-electron chi connectivity index (χ0n) is 15.5. The predicted molar refractivity (Wildman–Crippen MR) is 115 cm³/mol. The molecule has 0 aliphatic carbocycles. The lowest BCUT2D eigenvalue weighted by molar-refractivity contribution is 0.613. The lowest BCUT2D eigenvalue weighted by Gasteiger charge is -2.10. The highest BCUT2D eigenvalue weighted by Crippen LogP contribution is 2.06. The molecule has 4 heteroatoms. The fraction of sp³-hybridized carbons (Fsp3) is 0.429. The second-order valence-corrected chi connectivity index (χ2v) is 6.28. The minimum absolute atomic E-state index is 0.577. The van der Waals surface area contributed by atoms with Crippen molar-refractivity contribution < 1.29 is 0 Å². The van der Waals surface area contributed by atoms with Gasteiger partial charge in [-0.1, -0.05) is 63.3 Å². The highest BCUT2D eigenvalue weighted by molar-refractivity contribution is 7.80. The molecule has 0 spiro atoms. The van der Waals surface area contributed by atoms with Crippen molar-refractivity contribution in [2.24, 2.45) is 4.99 Å². The Morgan fingerprint density at radius 3 is 2.52 bits per heavy atom. The summed E-state index contributed by atoms with van der Waals surface area (Å²) < 4.78 is 0. The van der Waals surface area contributed by atoms with Crippen LogP contribution in [-0.4, -0.2) is 17.9 Å². The number of aliphatic imine (C=N–C) groups is 1. The fourth-order valence-electron chi connectivity index (χ4n) is 2.29. The SMILES string of the molecule is C/C=C(\C=C/C=NCCCCCCCC)NC(=S)Nc1ccccc1. The lowest BCUT2D eigenvalue weighted by atomic mass is 10.1. The lowest BCUT2D eigenvalue weighted by Crippen LogP contribution is -2.27.